The van der Waals surface area contributed by atoms with Crippen LogP contribution < -0.4 is 10.1 Å². The molecule has 1 aromatic rings. The maximum atomic E-state index is 13.0. The van der Waals surface area contributed by atoms with Crippen molar-refractivity contribution in [3.05, 3.63) is 23.8 Å². The molecule has 10 heteroatoms. The van der Waals surface area contributed by atoms with Crippen molar-refractivity contribution in [2.45, 2.75) is 36.8 Å². The number of hydrogen-bond donors (Lipinski definition) is 1. The van der Waals surface area contributed by atoms with Crippen molar-refractivity contribution < 1.29 is 26.4 Å². The third-order valence-electron chi connectivity index (χ3n) is 4.54. The van der Waals surface area contributed by atoms with Gasteiger partial charge in [-0.25, -0.2) is 16.8 Å². The molecule has 27 heavy (non-hydrogen) atoms. The summed E-state index contributed by atoms with van der Waals surface area (Å²) < 4.78 is 57.5. The van der Waals surface area contributed by atoms with Crippen molar-refractivity contribution in [1.29, 1.82) is 0 Å². The van der Waals surface area contributed by atoms with Gasteiger partial charge in [-0.05, 0) is 44.4 Å². The standard InChI is InChI=1S/C17H26N2O6S2/c1-4-25-15-6-5-13(2)11-16(15)27(23,24)19-9-7-14(8-10-19)26(21,22)12-17(20)18-3/h5-6,11,14H,4,7-10,12H2,1-3H3,(H,18,20). The minimum absolute atomic E-state index is 0.0828. The van der Waals surface area contributed by atoms with Crippen molar-refractivity contribution in [3.8, 4) is 5.75 Å². The summed E-state index contributed by atoms with van der Waals surface area (Å²) in [5.74, 6) is -0.851. The van der Waals surface area contributed by atoms with Crippen LogP contribution >= 0.6 is 0 Å². The van der Waals surface area contributed by atoms with Gasteiger partial charge in [0.15, 0.2) is 9.84 Å². The molecule has 0 radical (unpaired) electrons. The molecule has 0 bridgehead atoms. The van der Waals surface area contributed by atoms with E-state index in [1.54, 1.807) is 32.0 Å². The number of benzene rings is 1. The lowest BCUT2D eigenvalue weighted by Crippen LogP contribution is -2.44. The van der Waals surface area contributed by atoms with Gasteiger partial charge in [0.2, 0.25) is 15.9 Å². The number of sulfone groups is 1. The van der Waals surface area contributed by atoms with E-state index in [0.29, 0.717) is 6.61 Å². The summed E-state index contributed by atoms with van der Waals surface area (Å²) in [4.78, 5) is 11.5. The Morgan fingerprint density at radius 2 is 1.85 bits per heavy atom. The summed E-state index contributed by atoms with van der Waals surface area (Å²) in [6.07, 6.45) is 0.322. The third-order valence-corrected chi connectivity index (χ3v) is 8.61. The Hall–Kier alpha value is -1.65. The molecular formula is C17H26N2O6S2. The van der Waals surface area contributed by atoms with Crippen molar-refractivity contribution in [1.82, 2.24) is 9.62 Å². The van der Waals surface area contributed by atoms with Gasteiger partial charge in [0.1, 0.15) is 16.4 Å². The maximum absolute atomic E-state index is 13.0. The van der Waals surface area contributed by atoms with Crippen LogP contribution in [-0.4, -0.2) is 64.8 Å². The van der Waals surface area contributed by atoms with Gasteiger partial charge in [-0.15, -0.1) is 0 Å². The van der Waals surface area contributed by atoms with Crippen LogP contribution in [0.3, 0.4) is 0 Å². The number of nitrogens with one attached hydrogen (secondary N) is 1. The predicted molar refractivity (Wildman–Crippen MR) is 102 cm³/mol. The largest absolute Gasteiger partial charge is 0.492 e. The number of nitrogens with zero attached hydrogens (tertiary/aromatic N) is 1. The molecule has 8 nitrogen and oxygen atoms in total. The zero-order valence-corrected chi connectivity index (χ0v) is 17.4. The van der Waals surface area contributed by atoms with Gasteiger partial charge in [-0.1, -0.05) is 6.07 Å². The molecule has 1 aliphatic rings. The number of ether oxygens (including phenoxy) is 1. The highest BCUT2D eigenvalue weighted by Gasteiger charge is 2.36. The first-order valence-electron chi connectivity index (χ1n) is 8.77. The number of sulfonamides is 1. The molecule has 1 amide bonds. The molecule has 2 rings (SSSR count). The van der Waals surface area contributed by atoms with Crippen LogP contribution in [0, 0.1) is 6.92 Å². The molecule has 1 fully saturated rings. The van der Waals surface area contributed by atoms with E-state index in [4.69, 9.17) is 4.74 Å². The maximum Gasteiger partial charge on any atom is 0.246 e. The molecule has 0 aromatic heterocycles. The first-order valence-corrected chi connectivity index (χ1v) is 11.9. The normalized spacial score (nSPS) is 16.9. The first kappa shape index (κ1) is 21.6. The van der Waals surface area contributed by atoms with E-state index in [1.165, 1.54) is 11.4 Å². The fraction of sp³-hybridized carbons (Fsp3) is 0.588. The summed E-state index contributed by atoms with van der Waals surface area (Å²) in [6.45, 7) is 4.08. The van der Waals surface area contributed by atoms with Gasteiger partial charge < -0.3 is 10.1 Å². The second-order valence-electron chi connectivity index (χ2n) is 6.47. The molecule has 0 unspecified atom stereocenters. The fourth-order valence-electron chi connectivity index (χ4n) is 3.04. The molecule has 1 aliphatic heterocycles. The number of aryl methyl sites for hydroxylation is 1. The zero-order valence-electron chi connectivity index (χ0n) is 15.8. The van der Waals surface area contributed by atoms with Crippen LogP contribution in [0.2, 0.25) is 0 Å². The summed E-state index contributed by atoms with van der Waals surface area (Å²) in [6, 6.07) is 4.97. The molecule has 1 N–H and O–H groups in total. The van der Waals surface area contributed by atoms with Crippen LogP contribution in [0.4, 0.5) is 0 Å². The number of carbonyl (C=O) groups excluding carboxylic acids is 1. The monoisotopic (exact) mass is 418 g/mol. The van der Waals surface area contributed by atoms with E-state index in [9.17, 15) is 21.6 Å². The van der Waals surface area contributed by atoms with Gasteiger partial charge >= 0.3 is 0 Å². The predicted octanol–water partition coefficient (Wildman–Crippen LogP) is 0.708. The minimum Gasteiger partial charge on any atom is -0.492 e. The summed E-state index contributed by atoms with van der Waals surface area (Å²) >= 11 is 0. The van der Waals surface area contributed by atoms with Gasteiger partial charge in [-0.3, -0.25) is 4.79 Å². The molecular weight excluding hydrogens is 392 g/mol. The van der Waals surface area contributed by atoms with Crippen LogP contribution in [0.1, 0.15) is 25.3 Å². The molecule has 0 spiro atoms. The minimum atomic E-state index is -3.80. The highest BCUT2D eigenvalue weighted by atomic mass is 32.2. The van der Waals surface area contributed by atoms with Crippen molar-refractivity contribution in [2.75, 3.05) is 32.5 Å². The molecule has 0 atom stereocenters. The van der Waals surface area contributed by atoms with E-state index in [-0.39, 0.29) is 36.6 Å². The molecule has 152 valence electrons. The lowest BCUT2D eigenvalue weighted by molar-refractivity contribution is -0.118. The van der Waals surface area contributed by atoms with E-state index < -0.39 is 36.8 Å². The number of amides is 1. The zero-order chi connectivity index (χ0) is 20.2. The van der Waals surface area contributed by atoms with Crippen LogP contribution in [0.25, 0.3) is 0 Å². The molecule has 0 saturated carbocycles. The summed E-state index contributed by atoms with van der Waals surface area (Å²) in [5, 5.41) is 1.58. The number of rotatable bonds is 7. The summed E-state index contributed by atoms with van der Waals surface area (Å²) in [7, 11) is -6.03. The Kier molecular flexibility index (Phi) is 6.87. The van der Waals surface area contributed by atoms with Gasteiger partial charge in [-0.2, -0.15) is 4.31 Å². The van der Waals surface area contributed by atoms with E-state index in [2.05, 4.69) is 5.32 Å². The van der Waals surface area contributed by atoms with Gasteiger partial charge in [0.25, 0.3) is 0 Å². The highest BCUT2D eigenvalue weighted by Crippen LogP contribution is 2.30. The number of carbonyl (C=O) groups is 1. The van der Waals surface area contributed by atoms with E-state index in [1.807, 2.05) is 0 Å². The van der Waals surface area contributed by atoms with Crippen LogP contribution in [0.15, 0.2) is 23.1 Å². The lowest BCUT2D eigenvalue weighted by Gasteiger charge is -2.31. The van der Waals surface area contributed by atoms with E-state index >= 15 is 0 Å². The molecule has 1 aromatic carbocycles. The topological polar surface area (TPSA) is 110 Å². The Morgan fingerprint density at radius 1 is 1.22 bits per heavy atom. The van der Waals surface area contributed by atoms with Gasteiger partial charge in [0.05, 0.1) is 11.9 Å². The average Bonchev–Trinajstić information content (AvgIpc) is 2.63. The molecule has 1 saturated heterocycles. The lowest BCUT2D eigenvalue weighted by atomic mass is 10.2. The molecule has 1 heterocycles. The van der Waals surface area contributed by atoms with Crippen LogP contribution in [0.5, 0.6) is 5.75 Å². The SMILES string of the molecule is CCOc1ccc(C)cc1S(=O)(=O)N1CCC(S(=O)(=O)CC(=O)NC)CC1. The molecule has 0 aliphatic carbocycles. The third kappa shape index (κ3) is 4.99. The average molecular weight is 419 g/mol. The Morgan fingerprint density at radius 3 is 2.41 bits per heavy atom. The fourth-order valence-corrected chi connectivity index (χ4v) is 6.40. The number of hydrogen-bond acceptors (Lipinski definition) is 6. The number of piperidine rings is 1. The second-order valence-corrected chi connectivity index (χ2v) is 10.7. The first-order chi connectivity index (χ1) is 12.6. The quantitative estimate of drug-likeness (QED) is 0.698. The summed E-state index contributed by atoms with van der Waals surface area (Å²) in [5.41, 5.74) is 0.792. The second kappa shape index (κ2) is 8.57. The van der Waals surface area contributed by atoms with Crippen molar-refractivity contribution in [3.63, 3.8) is 0 Å². The van der Waals surface area contributed by atoms with Crippen molar-refractivity contribution >= 4 is 25.8 Å². The van der Waals surface area contributed by atoms with E-state index in [0.717, 1.165) is 5.56 Å². The Labute approximate surface area is 160 Å². The highest BCUT2D eigenvalue weighted by molar-refractivity contribution is 7.92. The van der Waals surface area contributed by atoms with Gasteiger partial charge in [0, 0.05) is 20.1 Å². The Bertz CT molecular complexity index is 888. The Balaban J connectivity index is 2.18. The van der Waals surface area contributed by atoms with Crippen LogP contribution in [-0.2, 0) is 24.7 Å². The van der Waals surface area contributed by atoms with Crippen molar-refractivity contribution in [2.24, 2.45) is 0 Å². The smallest absolute Gasteiger partial charge is 0.246 e.